The van der Waals surface area contributed by atoms with E-state index in [4.69, 9.17) is 11.6 Å². The van der Waals surface area contributed by atoms with E-state index in [1.807, 2.05) is 48.5 Å². The summed E-state index contributed by atoms with van der Waals surface area (Å²) in [6.45, 7) is 6.38. The van der Waals surface area contributed by atoms with E-state index in [1.54, 1.807) is 18.7 Å². The third kappa shape index (κ3) is 4.14. The number of hydrogen-bond donors (Lipinski definition) is 1. The summed E-state index contributed by atoms with van der Waals surface area (Å²) in [6, 6.07) is 15.1. The van der Waals surface area contributed by atoms with Crippen LogP contribution >= 0.6 is 23.4 Å². The zero-order valence-electron chi connectivity index (χ0n) is 15.7. The first-order valence-corrected chi connectivity index (χ1v) is 10.3. The van der Waals surface area contributed by atoms with E-state index in [1.165, 1.54) is 10.5 Å². The second kappa shape index (κ2) is 7.95. The van der Waals surface area contributed by atoms with Gasteiger partial charge in [0.15, 0.2) is 0 Å². The summed E-state index contributed by atoms with van der Waals surface area (Å²) in [5, 5.41) is 3.55. The maximum Gasteiger partial charge on any atom is 0.325 e. The van der Waals surface area contributed by atoms with Crippen LogP contribution < -0.4 is 5.32 Å². The van der Waals surface area contributed by atoms with Crippen molar-refractivity contribution in [3.63, 3.8) is 0 Å². The highest BCUT2D eigenvalue weighted by Crippen LogP contribution is 2.30. The van der Waals surface area contributed by atoms with Gasteiger partial charge in [-0.15, -0.1) is 11.8 Å². The van der Waals surface area contributed by atoms with Gasteiger partial charge in [-0.05, 0) is 48.2 Å². The number of urea groups is 1. The molecular weight excluding hydrogens is 380 g/mol. The van der Waals surface area contributed by atoms with Crippen molar-refractivity contribution < 1.29 is 9.59 Å². The molecule has 0 spiro atoms. The molecule has 2 aromatic rings. The molecule has 1 fully saturated rings. The molecule has 3 amide bonds. The molecule has 3 rings (SSSR count). The van der Waals surface area contributed by atoms with E-state index >= 15 is 0 Å². The lowest BCUT2D eigenvalue weighted by molar-refractivity contribution is -0.130. The zero-order valence-corrected chi connectivity index (χ0v) is 17.2. The molecule has 0 radical (unpaired) electrons. The molecule has 1 N–H and O–H groups in total. The monoisotopic (exact) mass is 402 g/mol. The van der Waals surface area contributed by atoms with Crippen molar-refractivity contribution in [2.45, 2.75) is 37.1 Å². The first kappa shape index (κ1) is 19.8. The molecular formula is C21H23ClN2O2S. The van der Waals surface area contributed by atoms with E-state index in [-0.39, 0.29) is 11.9 Å². The summed E-state index contributed by atoms with van der Waals surface area (Å²) in [5.74, 6) is 0.840. The van der Waals surface area contributed by atoms with Crippen molar-refractivity contribution in [1.29, 1.82) is 0 Å². The Morgan fingerprint density at radius 2 is 1.70 bits per heavy atom. The first-order valence-electron chi connectivity index (χ1n) is 8.94. The SMILES string of the molecule is CC(C)c1ccc([C@@]2(C)NC(=O)N(CCSc3ccc(Cl)cc3)C2=O)cc1. The van der Waals surface area contributed by atoms with Crippen LogP contribution in [0.25, 0.3) is 0 Å². The van der Waals surface area contributed by atoms with Crippen LogP contribution in [0, 0.1) is 0 Å². The van der Waals surface area contributed by atoms with Gasteiger partial charge < -0.3 is 5.32 Å². The van der Waals surface area contributed by atoms with Gasteiger partial charge in [-0.25, -0.2) is 4.79 Å². The van der Waals surface area contributed by atoms with Crippen molar-refractivity contribution >= 4 is 35.3 Å². The van der Waals surface area contributed by atoms with Gasteiger partial charge in [-0.1, -0.05) is 49.7 Å². The van der Waals surface area contributed by atoms with Crippen LogP contribution in [0.3, 0.4) is 0 Å². The number of nitrogens with one attached hydrogen (secondary N) is 1. The van der Waals surface area contributed by atoms with Gasteiger partial charge in [0.05, 0.1) is 0 Å². The Kier molecular flexibility index (Phi) is 5.82. The number of thioether (sulfide) groups is 1. The molecule has 0 bridgehead atoms. The van der Waals surface area contributed by atoms with Gasteiger partial charge in [-0.3, -0.25) is 9.69 Å². The Morgan fingerprint density at radius 1 is 1.07 bits per heavy atom. The third-order valence-electron chi connectivity index (χ3n) is 4.83. The number of halogens is 1. The minimum absolute atomic E-state index is 0.207. The Hall–Kier alpha value is -1.98. The molecule has 1 aliphatic heterocycles. The summed E-state index contributed by atoms with van der Waals surface area (Å²) in [6.07, 6.45) is 0. The average molecular weight is 403 g/mol. The molecule has 2 aromatic carbocycles. The standard InChI is InChI=1S/C21H23ClN2O2S/c1-14(2)15-4-6-16(7-5-15)21(3)19(25)24(20(26)23-21)12-13-27-18-10-8-17(22)9-11-18/h4-11,14H,12-13H2,1-3H3,(H,23,26)/t21-/m1/s1. The molecule has 27 heavy (non-hydrogen) atoms. The molecule has 142 valence electrons. The number of amides is 3. The number of nitrogens with zero attached hydrogens (tertiary/aromatic N) is 1. The summed E-state index contributed by atoms with van der Waals surface area (Å²) >= 11 is 7.48. The van der Waals surface area contributed by atoms with Crippen molar-refractivity contribution in [1.82, 2.24) is 10.2 Å². The minimum Gasteiger partial charge on any atom is -0.319 e. The summed E-state index contributed by atoms with van der Waals surface area (Å²) in [4.78, 5) is 27.7. The molecule has 1 atom stereocenters. The van der Waals surface area contributed by atoms with E-state index in [0.29, 0.717) is 23.2 Å². The van der Waals surface area contributed by atoms with Crippen LogP contribution in [0.5, 0.6) is 0 Å². The summed E-state index contributed by atoms with van der Waals surface area (Å²) in [7, 11) is 0. The molecule has 0 saturated carbocycles. The molecule has 1 aliphatic rings. The summed E-state index contributed by atoms with van der Waals surface area (Å²) in [5.41, 5.74) is 0.991. The lowest BCUT2D eigenvalue weighted by Crippen LogP contribution is -2.41. The maximum atomic E-state index is 13.0. The highest BCUT2D eigenvalue weighted by molar-refractivity contribution is 7.99. The van der Waals surface area contributed by atoms with E-state index in [0.717, 1.165) is 10.5 Å². The lowest BCUT2D eigenvalue weighted by Gasteiger charge is -2.23. The Bertz CT molecular complexity index is 836. The van der Waals surface area contributed by atoms with Crippen LogP contribution in [0.15, 0.2) is 53.4 Å². The van der Waals surface area contributed by atoms with E-state index in [9.17, 15) is 9.59 Å². The normalized spacial score (nSPS) is 19.7. The predicted octanol–water partition coefficient (Wildman–Crippen LogP) is 5.02. The highest BCUT2D eigenvalue weighted by Gasteiger charge is 2.48. The fraction of sp³-hybridized carbons (Fsp3) is 0.333. The second-order valence-electron chi connectivity index (χ2n) is 7.09. The largest absolute Gasteiger partial charge is 0.325 e. The molecule has 0 aliphatic carbocycles. The molecule has 0 aromatic heterocycles. The van der Waals surface area contributed by atoms with Gasteiger partial charge in [0.25, 0.3) is 5.91 Å². The van der Waals surface area contributed by atoms with E-state index < -0.39 is 5.54 Å². The lowest BCUT2D eigenvalue weighted by atomic mass is 9.90. The van der Waals surface area contributed by atoms with Crippen molar-refractivity contribution in [2.24, 2.45) is 0 Å². The third-order valence-corrected chi connectivity index (χ3v) is 6.07. The molecule has 1 saturated heterocycles. The Balaban J connectivity index is 1.67. The van der Waals surface area contributed by atoms with Crippen molar-refractivity contribution in [3.8, 4) is 0 Å². The van der Waals surface area contributed by atoms with Gasteiger partial charge in [0.1, 0.15) is 5.54 Å². The molecule has 4 nitrogen and oxygen atoms in total. The molecule has 6 heteroatoms. The number of imide groups is 1. The predicted molar refractivity (Wildman–Crippen MR) is 110 cm³/mol. The van der Waals surface area contributed by atoms with Gasteiger partial charge in [0.2, 0.25) is 0 Å². The average Bonchev–Trinajstić information content (AvgIpc) is 2.87. The number of carbonyl (C=O) groups excluding carboxylic acids is 2. The van der Waals surface area contributed by atoms with Crippen molar-refractivity contribution in [3.05, 3.63) is 64.7 Å². The fourth-order valence-electron chi connectivity index (χ4n) is 3.08. The fourth-order valence-corrected chi connectivity index (χ4v) is 4.05. The van der Waals surface area contributed by atoms with Crippen LogP contribution in [-0.4, -0.2) is 29.1 Å². The van der Waals surface area contributed by atoms with Gasteiger partial charge in [-0.2, -0.15) is 0 Å². The first-order chi connectivity index (χ1) is 12.8. The van der Waals surface area contributed by atoms with Crippen LogP contribution in [0.4, 0.5) is 4.79 Å². The number of carbonyl (C=O) groups is 2. The van der Waals surface area contributed by atoms with Gasteiger partial charge in [0, 0.05) is 22.2 Å². The maximum absolute atomic E-state index is 13.0. The Labute approximate surface area is 169 Å². The topological polar surface area (TPSA) is 49.4 Å². The Morgan fingerprint density at radius 3 is 2.30 bits per heavy atom. The van der Waals surface area contributed by atoms with E-state index in [2.05, 4.69) is 19.2 Å². The van der Waals surface area contributed by atoms with Gasteiger partial charge >= 0.3 is 6.03 Å². The molecule has 1 heterocycles. The number of hydrogen-bond acceptors (Lipinski definition) is 3. The number of benzene rings is 2. The summed E-state index contributed by atoms with van der Waals surface area (Å²) < 4.78 is 0. The smallest absolute Gasteiger partial charge is 0.319 e. The zero-order chi connectivity index (χ0) is 19.6. The van der Waals surface area contributed by atoms with Crippen LogP contribution in [0.1, 0.15) is 37.8 Å². The molecule has 0 unspecified atom stereocenters. The number of rotatable bonds is 6. The second-order valence-corrected chi connectivity index (χ2v) is 8.70. The van der Waals surface area contributed by atoms with Crippen molar-refractivity contribution in [2.75, 3.05) is 12.3 Å². The van der Waals surface area contributed by atoms with Crippen LogP contribution in [0.2, 0.25) is 5.02 Å². The minimum atomic E-state index is -1.02. The quantitative estimate of drug-likeness (QED) is 0.545. The van der Waals surface area contributed by atoms with Crippen LogP contribution in [-0.2, 0) is 10.3 Å². The highest BCUT2D eigenvalue weighted by atomic mass is 35.5.